The maximum Gasteiger partial charge on any atom is 0.257 e. The van der Waals surface area contributed by atoms with Gasteiger partial charge in [0.2, 0.25) is 0 Å². The third-order valence-corrected chi connectivity index (χ3v) is 4.23. The molecule has 114 valence electrons. The monoisotopic (exact) mass is 309 g/mol. The smallest absolute Gasteiger partial charge is 0.257 e. The lowest BCUT2D eigenvalue weighted by Gasteiger charge is -2.07. The van der Waals surface area contributed by atoms with Gasteiger partial charge in [-0.05, 0) is 18.6 Å². The quantitative estimate of drug-likeness (QED) is 0.727. The van der Waals surface area contributed by atoms with Crippen molar-refractivity contribution in [3.63, 3.8) is 0 Å². The number of benzene rings is 1. The van der Waals surface area contributed by atoms with Crippen LogP contribution in [0.5, 0.6) is 5.75 Å². The lowest BCUT2D eigenvalue weighted by molar-refractivity contribution is 0.311. The van der Waals surface area contributed by atoms with Crippen molar-refractivity contribution in [1.29, 1.82) is 0 Å². The fourth-order valence-electron chi connectivity index (χ4n) is 1.72. The molecular weight excluding hydrogens is 290 g/mol. The molecule has 0 aliphatic heterocycles. The summed E-state index contributed by atoms with van der Waals surface area (Å²) in [6, 6.07) is 9.42. The highest BCUT2D eigenvalue weighted by atomic mass is 32.2. The van der Waals surface area contributed by atoms with Gasteiger partial charge in [0.25, 0.3) is 10.0 Å². The molecule has 0 amide bonds. The molecule has 6 nitrogen and oxygen atoms in total. The van der Waals surface area contributed by atoms with Crippen molar-refractivity contribution in [2.45, 2.75) is 24.8 Å². The molecule has 2 aromatic rings. The van der Waals surface area contributed by atoms with Gasteiger partial charge in [0.05, 0.1) is 12.8 Å². The van der Waals surface area contributed by atoms with Crippen LogP contribution in [-0.4, -0.2) is 31.5 Å². The highest BCUT2D eigenvalue weighted by Crippen LogP contribution is 2.09. The summed E-state index contributed by atoms with van der Waals surface area (Å²) in [6.45, 7) is 2.68. The first-order chi connectivity index (χ1) is 10.1. The second-order valence-corrected chi connectivity index (χ2v) is 6.20. The van der Waals surface area contributed by atoms with Crippen molar-refractivity contribution in [2.75, 3.05) is 13.2 Å². The Labute approximate surface area is 124 Å². The van der Waals surface area contributed by atoms with E-state index >= 15 is 0 Å². The molecule has 0 atom stereocenters. The van der Waals surface area contributed by atoms with Crippen LogP contribution in [0.1, 0.15) is 19.2 Å². The molecule has 1 heterocycles. The van der Waals surface area contributed by atoms with Crippen LogP contribution in [0, 0.1) is 0 Å². The van der Waals surface area contributed by atoms with Crippen molar-refractivity contribution in [3.05, 3.63) is 42.4 Å². The van der Waals surface area contributed by atoms with Gasteiger partial charge in [0.15, 0.2) is 5.03 Å². The van der Waals surface area contributed by atoms with Crippen LogP contribution in [0.15, 0.2) is 41.6 Å². The number of rotatable bonds is 8. The van der Waals surface area contributed by atoms with E-state index in [9.17, 15) is 8.42 Å². The highest BCUT2D eigenvalue weighted by molar-refractivity contribution is 7.89. The molecular formula is C14H19N3O3S. The number of hydrogen-bond donors (Lipinski definition) is 2. The lowest BCUT2D eigenvalue weighted by Crippen LogP contribution is -2.26. The number of aromatic nitrogens is 2. The fourth-order valence-corrected chi connectivity index (χ4v) is 2.73. The third-order valence-electron chi connectivity index (χ3n) is 2.85. The standard InChI is InChI=1S/C14H19N3O3S/c1-2-13-15-11-14(17-13)21(18,19)16-9-6-10-20-12-7-4-3-5-8-12/h3-5,7-8,11,16H,2,6,9-10H2,1H3,(H,15,17). The number of ether oxygens (including phenoxy) is 1. The summed E-state index contributed by atoms with van der Waals surface area (Å²) in [5.41, 5.74) is 0. The SMILES string of the molecule is CCc1ncc(S(=O)(=O)NCCCOc2ccccc2)[nH]1. The zero-order valence-electron chi connectivity index (χ0n) is 11.9. The number of sulfonamides is 1. The average Bonchev–Trinajstić information content (AvgIpc) is 2.98. The van der Waals surface area contributed by atoms with Gasteiger partial charge < -0.3 is 9.72 Å². The van der Waals surface area contributed by atoms with Crippen molar-refractivity contribution in [1.82, 2.24) is 14.7 Å². The summed E-state index contributed by atoms with van der Waals surface area (Å²) >= 11 is 0. The van der Waals surface area contributed by atoms with E-state index in [0.29, 0.717) is 31.8 Å². The molecule has 21 heavy (non-hydrogen) atoms. The molecule has 0 aliphatic rings. The van der Waals surface area contributed by atoms with E-state index in [0.717, 1.165) is 5.75 Å². The molecule has 0 fully saturated rings. The van der Waals surface area contributed by atoms with Crippen LogP contribution in [0.2, 0.25) is 0 Å². The van der Waals surface area contributed by atoms with Crippen LogP contribution in [-0.2, 0) is 16.4 Å². The van der Waals surface area contributed by atoms with Gasteiger partial charge in [-0.25, -0.2) is 18.1 Å². The van der Waals surface area contributed by atoms with E-state index in [1.165, 1.54) is 6.20 Å². The van der Waals surface area contributed by atoms with Crippen LogP contribution in [0.3, 0.4) is 0 Å². The van der Waals surface area contributed by atoms with Gasteiger partial charge in [-0.2, -0.15) is 0 Å². The fraction of sp³-hybridized carbons (Fsp3) is 0.357. The number of imidazole rings is 1. The van der Waals surface area contributed by atoms with E-state index in [4.69, 9.17) is 4.74 Å². The molecule has 0 saturated carbocycles. The van der Waals surface area contributed by atoms with Gasteiger partial charge in [-0.15, -0.1) is 0 Å². The Morgan fingerprint density at radius 3 is 2.71 bits per heavy atom. The van der Waals surface area contributed by atoms with E-state index in [2.05, 4.69) is 14.7 Å². The van der Waals surface area contributed by atoms with E-state index in [1.807, 2.05) is 37.3 Å². The Kier molecular flexibility index (Phi) is 5.35. The van der Waals surface area contributed by atoms with Gasteiger partial charge in [-0.1, -0.05) is 25.1 Å². The van der Waals surface area contributed by atoms with E-state index in [1.54, 1.807) is 0 Å². The molecule has 0 saturated heterocycles. The van der Waals surface area contributed by atoms with Crippen molar-refractivity contribution >= 4 is 10.0 Å². The number of aryl methyl sites for hydroxylation is 1. The summed E-state index contributed by atoms with van der Waals surface area (Å²) in [5.74, 6) is 1.43. The second-order valence-electron chi connectivity index (χ2n) is 4.46. The molecule has 0 unspecified atom stereocenters. The minimum absolute atomic E-state index is 0.100. The van der Waals surface area contributed by atoms with Gasteiger partial charge >= 0.3 is 0 Å². The Morgan fingerprint density at radius 2 is 2.05 bits per heavy atom. The number of nitrogens with zero attached hydrogens (tertiary/aromatic N) is 1. The maximum absolute atomic E-state index is 12.0. The minimum Gasteiger partial charge on any atom is -0.494 e. The third kappa shape index (κ3) is 4.57. The van der Waals surface area contributed by atoms with Crippen LogP contribution >= 0.6 is 0 Å². The molecule has 2 N–H and O–H groups in total. The van der Waals surface area contributed by atoms with E-state index in [-0.39, 0.29) is 5.03 Å². The second kappa shape index (κ2) is 7.24. The zero-order valence-corrected chi connectivity index (χ0v) is 12.7. The maximum atomic E-state index is 12.0. The summed E-state index contributed by atoms with van der Waals surface area (Å²) in [4.78, 5) is 6.76. The molecule has 1 aromatic heterocycles. The van der Waals surface area contributed by atoms with Crippen LogP contribution in [0.25, 0.3) is 0 Å². The lowest BCUT2D eigenvalue weighted by atomic mass is 10.3. The minimum atomic E-state index is -3.52. The van der Waals surface area contributed by atoms with Crippen molar-refractivity contribution < 1.29 is 13.2 Å². The summed E-state index contributed by atoms with van der Waals surface area (Å²) < 4.78 is 32.0. The normalized spacial score (nSPS) is 11.5. The molecule has 0 radical (unpaired) electrons. The topological polar surface area (TPSA) is 84.1 Å². The Hall–Kier alpha value is -1.86. The number of para-hydroxylation sites is 1. The predicted molar refractivity (Wildman–Crippen MR) is 79.7 cm³/mol. The molecule has 2 rings (SSSR count). The zero-order chi connectivity index (χ0) is 15.1. The molecule has 1 aromatic carbocycles. The summed E-state index contributed by atoms with van der Waals surface area (Å²) in [7, 11) is -3.52. The van der Waals surface area contributed by atoms with Crippen LogP contribution in [0.4, 0.5) is 0 Å². The van der Waals surface area contributed by atoms with Crippen LogP contribution < -0.4 is 9.46 Å². The van der Waals surface area contributed by atoms with Crippen molar-refractivity contribution in [3.8, 4) is 5.75 Å². The first-order valence-corrected chi connectivity index (χ1v) is 8.31. The first kappa shape index (κ1) is 15.5. The number of nitrogens with one attached hydrogen (secondary N) is 2. The summed E-state index contributed by atoms with van der Waals surface area (Å²) in [5, 5.41) is 0.100. The van der Waals surface area contributed by atoms with E-state index < -0.39 is 10.0 Å². The molecule has 0 bridgehead atoms. The Morgan fingerprint density at radius 1 is 1.29 bits per heavy atom. The largest absolute Gasteiger partial charge is 0.494 e. The molecule has 0 spiro atoms. The number of aromatic amines is 1. The first-order valence-electron chi connectivity index (χ1n) is 6.83. The molecule has 7 heteroatoms. The highest BCUT2D eigenvalue weighted by Gasteiger charge is 2.15. The number of H-pyrrole nitrogens is 1. The molecule has 0 aliphatic carbocycles. The average molecular weight is 309 g/mol. The predicted octanol–water partition coefficient (Wildman–Crippen LogP) is 1.72. The Balaban J connectivity index is 1.75. The Bertz CT molecular complexity index is 653. The van der Waals surface area contributed by atoms with Gasteiger partial charge in [0.1, 0.15) is 11.6 Å². The number of hydrogen-bond acceptors (Lipinski definition) is 4. The summed E-state index contributed by atoms with van der Waals surface area (Å²) in [6.07, 6.45) is 2.59. The van der Waals surface area contributed by atoms with Gasteiger partial charge in [0, 0.05) is 13.0 Å². The van der Waals surface area contributed by atoms with Crippen molar-refractivity contribution in [2.24, 2.45) is 0 Å². The van der Waals surface area contributed by atoms with Gasteiger partial charge in [-0.3, -0.25) is 0 Å².